The van der Waals surface area contributed by atoms with Gasteiger partial charge in [0.05, 0.1) is 18.8 Å². The maximum absolute atomic E-state index is 11.1. The summed E-state index contributed by atoms with van der Waals surface area (Å²) in [5.41, 5.74) is 2.46. The number of rotatable bonds is 5. The molecule has 2 aromatic carbocycles. The predicted octanol–water partition coefficient (Wildman–Crippen LogP) is 4.01. The quantitative estimate of drug-likeness (QED) is 0.819. The average molecular weight is 384 g/mol. The van der Waals surface area contributed by atoms with Gasteiger partial charge in [0.2, 0.25) is 0 Å². The number of methoxy groups -OCH3 is 1. The van der Waals surface area contributed by atoms with Crippen LogP contribution in [-0.4, -0.2) is 41.9 Å². The number of hydrogen-bond donors (Lipinski definition) is 2. The first kappa shape index (κ1) is 20.8. The number of ether oxygens (including phenoxy) is 1. The van der Waals surface area contributed by atoms with E-state index in [2.05, 4.69) is 37.8 Å². The molecule has 0 aliphatic carbocycles. The van der Waals surface area contributed by atoms with Crippen LogP contribution in [0.1, 0.15) is 56.4 Å². The first-order valence-electron chi connectivity index (χ1n) is 10.1. The monoisotopic (exact) mass is 383 g/mol. The minimum Gasteiger partial charge on any atom is -0.497 e. The van der Waals surface area contributed by atoms with Crippen molar-refractivity contribution in [1.29, 1.82) is 0 Å². The molecule has 1 unspecified atom stereocenters. The van der Waals surface area contributed by atoms with Crippen LogP contribution in [0.15, 0.2) is 48.5 Å². The summed E-state index contributed by atoms with van der Waals surface area (Å²) in [6, 6.07) is 16.0. The van der Waals surface area contributed by atoms with Gasteiger partial charge in [-0.25, -0.2) is 0 Å². The summed E-state index contributed by atoms with van der Waals surface area (Å²) in [6.07, 6.45) is 0.811. The number of hydrogen-bond acceptors (Lipinski definition) is 4. The van der Waals surface area contributed by atoms with Gasteiger partial charge in [0.25, 0.3) is 0 Å². The Bertz CT molecular complexity index is 754. The van der Waals surface area contributed by atoms with Gasteiger partial charge in [-0.15, -0.1) is 0 Å². The van der Waals surface area contributed by atoms with Crippen molar-refractivity contribution >= 4 is 0 Å². The Morgan fingerprint density at radius 2 is 1.57 bits per heavy atom. The molecule has 0 spiro atoms. The van der Waals surface area contributed by atoms with Crippen LogP contribution in [0.3, 0.4) is 0 Å². The third-order valence-electron chi connectivity index (χ3n) is 5.90. The molecule has 1 atom stereocenters. The lowest BCUT2D eigenvalue weighted by Gasteiger charge is -2.39. The zero-order chi connectivity index (χ0) is 20.4. The second-order valence-corrected chi connectivity index (χ2v) is 8.95. The fourth-order valence-corrected chi connectivity index (χ4v) is 3.85. The molecule has 4 heteroatoms. The number of aliphatic hydroxyl groups is 2. The van der Waals surface area contributed by atoms with Gasteiger partial charge in [-0.1, -0.05) is 57.2 Å². The largest absolute Gasteiger partial charge is 0.497 e. The first-order chi connectivity index (χ1) is 13.2. The molecule has 0 aromatic heterocycles. The van der Waals surface area contributed by atoms with Crippen molar-refractivity contribution in [3.63, 3.8) is 0 Å². The van der Waals surface area contributed by atoms with Gasteiger partial charge in [-0.05, 0) is 47.1 Å². The van der Waals surface area contributed by atoms with Crippen molar-refractivity contribution in [3.05, 3.63) is 65.2 Å². The van der Waals surface area contributed by atoms with Gasteiger partial charge < -0.3 is 19.8 Å². The Labute approximate surface area is 168 Å². The van der Waals surface area contributed by atoms with Crippen molar-refractivity contribution < 1.29 is 14.9 Å². The van der Waals surface area contributed by atoms with E-state index in [1.807, 2.05) is 36.4 Å². The van der Waals surface area contributed by atoms with Crippen molar-refractivity contribution in [1.82, 2.24) is 4.90 Å². The van der Waals surface area contributed by atoms with Gasteiger partial charge in [0.1, 0.15) is 5.75 Å². The summed E-state index contributed by atoms with van der Waals surface area (Å²) in [4.78, 5) is 2.24. The minimum absolute atomic E-state index is 0.113. The summed E-state index contributed by atoms with van der Waals surface area (Å²) in [6.45, 7) is 8.69. The SMILES string of the molecule is COc1ccc(C2(O)CCN(CC(O)c3ccc(C(C)(C)C)cc3)CC2)cc1. The molecule has 0 bridgehead atoms. The smallest absolute Gasteiger partial charge is 0.118 e. The topological polar surface area (TPSA) is 52.9 Å². The summed E-state index contributed by atoms with van der Waals surface area (Å²) in [7, 11) is 1.64. The number of nitrogens with zero attached hydrogens (tertiary/aromatic N) is 1. The third kappa shape index (κ3) is 4.75. The lowest BCUT2D eigenvalue weighted by atomic mass is 9.84. The fraction of sp³-hybridized carbons (Fsp3) is 0.500. The van der Waals surface area contributed by atoms with Gasteiger partial charge in [-0.3, -0.25) is 0 Å². The van der Waals surface area contributed by atoms with E-state index in [0.29, 0.717) is 19.4 Å². The second kappa shape index (κ2) is 8.24. The zero-order valence-electron chi connectivity index (χ0n) is 17.5. The van der Waals surface area contributed by atoms with Crippen LogP contribution in [0, 0.1) is 0 Å². The Hall–Kier alpha value is -1.88. The van der Waals surface area contributed by atoms with Crippen molar-refractivity contribution in [3.8, 4) is 5.75 Å². The van der Waals surface area contributed by atoms with Gasteiger partial charge in [0.15, 0.2) is 0 Å². The normalized spacial score (nSPS) is 18.6. The lowest BCUT2D eigenvalue weighted by molar-refractivity contribution is -0.0345. The Morgan fingerprint density at radius 1 is 1.00 bits per heavy atom. The lowest BCUT2D eigenvalue weighted by Crippen LogP contribution is -2.43. The number of likely N-dealkylation sites (tertiary alicyclic amines) is 1. The molecule has 0 saturated carbocycles. The predicted molar refractivity (Wildman–Crippen MR) is 113 cm³/mol. The highest BCUT2D eigenvalue weighted by molar-refractivity contribution is 5.31. The van der Waals surface area contributed by atoms with Crippen molar-refractivity contribution in [2.45, 2.75) is 50.7 Å². The van der Waals surface area contributed by atoms with Gasteiger partial charge in [0, 0.05) is 19.6 Å². The van der Waals surface area contributed by atoms with Crippen LogP contribution in [-0.2, 0) is 11.0 Å². The number of benzene rings is 2. The highest BCUT2D eigenvalue weighted by Gasteiger charge is 2.34. The van der Waals surface area contributed by atoms with E-state index < -0.39 is 11.7 Å². The third-order valence-corrected chi connectivity index (χ3v) is 5.90. The number of piperidine rings is 1. The average Bonchev–Trinajstić information content (AvgIpc) is 2.69. The Balaban J connectivity index is 1.57. The molecule has 152 valence electrons. The summed E-state index contributed by atoms with van der Waals surface area (Å²) in [5, 5.41) is 21.7. The fourth-order valence-electron chi connectivity index (χ4n) is 3.85. The molecule has 0 radical (unpaired) electrons. The Kier molecular flexibility index (Phi) is 6.13. The molecular formula is C24H33NO3. The second-order valence-electron chi connectivity index (χ2n) is 8.95. The van der Waals surface area contributed by atoms with Crippen LogP contribution >= 0.6 is 0 Å². The highest BCUT2D eigenvalue weighted by Crippen LogP contribution is 2.34. The highest BCUT2D eigenvalue weighted by atomic mass is 16.5. The van der Waals surface area contributed by atoms with E-state index in [-0.39, 0.29) is 5.41 Å². The molecule has 0 amide bonds. The number of aliphatic hydroxyl groups excluding tert-OH is 1. The van der Waals surface area contributed by atoms with E-state index in [4.69, 9.17) is 4.74 Å². The molecule has 3 rings (SSSR count). The summed E-state index contributed by atoms with van der Waals surface area (Å²) < 4.78 is 5.20. The molecular weight excluding hydrogens is 350 g/mol. The maximum atomic E-state index is 11.1. The van der Waals surface area contributed by atoms with Crippen LogP contribution in [0.2, 0.25) is 0 Å². The molecule has 1 fully saturated rings. The standard InChI is InChI=1S/C24H33NO3/c1-23(2,3)19-7-5-18(6-8-19)22(26)17-25-15-13-24(27,14-16-25)20-9-11-21(28-4)12-10-20/h5-12,22,26-27H,13-17H2,1-4H3. The van der Waals surface area contributed by atoms with E-state index in [0.717, 1.165) is 30.0 Å². The van der Waals surface area contributed by atoms with Crippen LogP contribution < -0.4 is 4.74 Å². The van der Waals surface area contributed by atoms with E-state index in [1.54, 1.807) is 7.11 Å². The van der Waals surface area contributed by atoms with E-state index in [1.165, 1.54) is 5.56 Å². The minimum atomic E-state index is -0.803. The molecule has 1 aliphatic rings. The Morgan fingerprint density at radius 3 is 2.07 bits per heavy atom. The van der Waals surface area contributed by atoms with Gasteiger partial charge >= 0.3 is 0 Å². The van der Waals surface area contributed by atoms with E-state index in [9.17, 15) is 10.2 Å². The summed E-state index contributed by atoms with van der Waals surface area (Å²) in [5.74, 6) is 0.797. The van der Waals surface area contributed by atoms with Crippen LogP contribution in [0.25, 0.3) is 0 Å². The molecule has 2 N–H and O–H groups in total. The van der Waals surface area contributed by atoms with Crippen molar-refractivity contribution in [2.24, 2.45) is 0 Å². The molecule has 1 heterocycles. The van der Waals surface area contributed by atoms with Crippen LogP contribution in [0.4, 0.5) is 0 Å². The molecule has 4 nitrogen and oxygen atoms in total. The molecule has 2 aromatic rings. The van der Waals surface area contributed by atoms with E-state index >= 15 is 0 Å². The van der Waals surface area contributed by atoms with Crippen molar-refractivity contribution in [2.75, 3.05) is 26.7 Å². The maximum Gasteiger partial charge on any atom is 0.118 e. The zero-order valence-corrected chi connectivity index (χ0v) is 17.5. The summed E-state index contributed by atoms with van der Waals surface area (Å²) >= 11 is 0. The number of β-amino-alcohol motifs (C(OH)–C–C–N with tert-alkyl or cyclic N) is 1. The molecule has 28 heavy (non-hydrogen) atoms. The first-order valence-corrected chi connectivity index (χ1v) is 10.1. The molecule has 1 saturated heterocycles. The van der Waals surface area contributed by atoms with Crippen LogP contribution in [0.5, 0.6) is 5.75 Å². The van der Waals surface area contributed by atoms with Gasteiger partial charge in [-0.2, -0.15) is 0 Å². The molecule has 1 aliphatic heterocycles.